The van der Waals surface area contributed by atoms with Gasteiger partial charge in [0.1, 0.15) is 0 Å². The number of piperazine rings is 1. The number of rotatable bonds is 1. The number of hydrogen-bond donors (Lipinski definition) is 3. The summed E-state index contributed by atoms with van der Waals surface area (Å²) in [4.78, 5) is 3.19. The van der Waals surface area contributed by atoms with Crippen molar-refractivity contribution in [3.63, 3.8) is 0 Å². The molecule has 0 aromatic heterocycles. The number of likely N-dealkylation sites (N-methyl/N-ethyl adjacent to an activating group) is 1. The smallest absolute Gasteiger partial charge is 0.0450 e. The van der Waals surface area contributed by atoms with Crippen molar-refractivity contribution in [2.24, 2.45) is 0 Å². The molecular formula is C11H17N3S. The summed E-state index contributed by atoms with van der Waals surface area (Å²) in [7, 11) is 2.15. The lowest BCUT2D eigenvalue weighted by molar-refractivity contribution is 0.241. The lowest BCUT2D eigenvalue weighted by atomic mass is 10.0. The molecular weight excluding hydrogens is 206 g/mol. The maximum absolute atomic E-state index is 5.74. The van der Waals surface area contributed by atoms with E-state index in [0.717, 1.165) is 30.2 Å². The average molecular weight is 223 g/mol. The predicted octanol–water partition coefficient (Wildman–Crippen LogP) is 1.13. The van der Waals surface area contributed by atoms with Crippen LogP contribution < -0.4 is 11.1 Å². The minimum atomic E-state index is 0.398. The van der Waals surface area contributed by atoms with Crippen LogP contribution in [0.15, 0.2) is 23.1 Å². The fourth-order valence-electron chi connectivity index (χ4n) is 1.90. The Labute approximate surface area is 96.1 Å². The highest BCUT2D eigenvalue weighted by Crippen LogP contribution is 2.23. The monoisotopic (exact) mass is 223 g/mol. The molecule has 0 spiro atoms. The third-order valence-electron chi connectivity index (χ3n) is 2.84. The maximum Gasteiger partial charge on any atom is 0.0450 e. The van der Waals surface area contributed by atoms with Crippen molar-refractivity contribution in [2.75, 3.05) is 32.4 Å². The summed E-state index contributed by atoms with van der Waals surface area (Å²) < 4.78 is 0. The molecule has 1 aliphatic rings. The van der Waals surface area contributed by atoms with Crippen LogP contribution in [0.4, 0.5) is 5.69 Å². The Bertz CT molecular complexity index is 354. The van der Waals surface area contributed by atoms with E-state index < -0.39 is 0 Å². The quantitative estimate of drug-likeness (QED) is 0.494. The van der Waals surface area contributed by atoms with Crippen LogP contribution in [-0.2, 0) is 0 Å². The number of nitrogen functional groups attached to an aromatic ring is 1. The number of nitrogens with one attached hydrogen (secondary N) is 1. The van der Waals surface area contributed by atoms with E-state index in [1.54, 1.807) is 0 Å². The van der Waals surface area contributed by atoms with Gasteiger partial charge in [0, 0.05) is 36.3 Å². The van der Waals surface area contributed by atoms with E-state index in [1.165, 1.54) is 5.56 Å². The topological polar surface area (TPSA) is 41.3 Å². The van der Waals surface area contributed by atoms with Gasteiger partial charge in [0.15, 0.2) is 0 Å². The first-order chi connectivity index (χ1) is 7.16. The minimum Gasteiger partial charge on any atom is -0.398 e. The lowest BCUT2D eigenvalue weighted by Gasteiger charge is -2.31. The van der Waals surface area contributed by atoms with Gasteiger partial charge in [-0.05, 0) is 24.7 Å². The van der Waals surface area contributed by atoms with Crippen LogP contribution in [0.3, 0.4) is 0 Å². The largest absolute Gasteiger partial charge is 0.398 e. The van der Waals surface area contributed by atoms with Crippen LogP contribution in [0.25, 0.3) is 0 Å². The molecule has 1 aromatic carbocycles. The number of hydrogen-bond acceptors (Lipinski definition) is 4. The van der Waals surface area contributed by atoms with Crippen molar-refractivity contribution in [3.05, 3.63) is 23.8 Å². The maximum atomic E-state index is 5.74. The zero-order valence-corrected chi connectivity index (χ0v) is 9.80. The number of thiol groups is 1. The third kappa shape index (κ3) is 2.45. The summed E-state index contributed by atoms with van der Waals surface area (Å²) in [6, 6.07) is 6.45. The minimum absolute atomic E-state index is 0.398. The fourth-order valence-corrected chi connectivity index (χ4v) is 2.12. The van der Waals surface area contributed by atoms with Gasteiger partial charge < -0.3 is 16.0 Å². The molecule has 1 aliphatic heterocycles. The number of nitrogens with zero attached hydrogens (tertiary/aromatic N) is 1. The molecule has 1 fully saturated rings. The summed E-state index contributed by atoms with van der Waals surface area (Å²) >= 11 is 4.34. The van der Waals surface area contributed by atoms with E-state index >= 15 is 0 Å². The van der Waals surface area contributed by atoms with Gasteiger partial charge >= 0.3 is 0 Å². The number of anilines is 1. The molecule has 0 aliphatic carbocycles. The lowest BCUT2D eigenvalue weighted by Crippen LogP contribution is -2.43. The molecule has 0 radical (unpaired) electrons. The second-order valence-corrected chi connectivity index (χ2v) is 4.57. The van der Waals surface area contributed by atoms with Crippen molar-refractivity contribution in [1.82, 2.24) is 10.2 Å². The highest BCUT2D eigenvalue weighted by atomic mass is 32.1. The summed E-state index contributed by atoms with van der Waals surface area (Å²) in [5, 5.41) is 3.50. The van der Waals surface area contributed by atoms with Crippen LogP contribution in [-0.4, -0.2) is 31.6 Å². The Morgan fingerprint density at radius 3 is 3.00 bits per heavy atom. The molecule has 15 heavy (non-hydrogen) atoms. The van der Waals surface area contributed by atoms with Crippen molar-refractivity contribution in [3.8, 4) is 0 Å². The van der Waals surface area contributed by atoms with E-state index in [0.29, 0.717) is 6.04 Å². The highest BCUT2D eigenvalue weighted by molar-refractivity contribution is 7.80. The van der Waals surface area contributed by atoms with Crippen molar-refractivity contribution in [1.29, 1.82) is 0 Å². The van der Waals surface area contributed by atoms with Crippen LogP contribution in [0, 0.1) is 0 Å². The van der Waals surface area contributed by atoms with Crippen molar-refractivity contribution in [2.45, 2.75) is 10.9 Å². The molecule has 0 saturated carbocycles. The van der Waals surface area contributed by atoms with Gasteiger partial charge in [-0.3, -0.25) is 0 Å². The highest BCUT2D eigenvalue weighted by Gasteiger charge is 2.18. The third-order valence-corrected chi connectivity index (χ3v) is 3.22. The average Bonchev–Trinajstić information content (AvgIpc) is 2.22. The van der Waals surface area contributed by atoms with E-state index in [2.05, 4.69) is 42.0 Å². The molecule has 0 amide bonds. The second kappa shape index (κ2) is 4.43. The zero-order chi connectivity index (χ0) is 10.8. The Morgan fingerprint density at radius 2 is 2.33 bits per heavy atom. The summed E-state index contributed by atoms with van der Waals surface area (Å²) in [6.45, 7) is 3.18. The second-order valence-electron chi connectivity index (χ2n) is 4.09. The molecule has 82 valence electrons. The first-order valence-electron chi connectivity index (χ1n) is 5.17. The molecule has 1 saturated heterocycles. The first kappa shape index (κ1) is 10.8. The van der Waals surface area contributed by atoms with Crippen LogP contribution in [0.1, 0.15) is 11.6 Å². The summed E-state index contributed by atoms with van der Waals surface area (Å²) in [5.74, 6) is 0. The number of benzene rings is 1. The van der Waals surface area contributed by atoms with Gasteiger partial charge in [-0.2, -0.15) is 0 Å². The Morgan fingerprint density at radius 1 is 1.53 bits per heavy atom. The van der Waals surface area contributed by atoms with E-state index in [9.17, 15) is 0 Å². The van der Waals surface area contributed by atoms with Crippen LogP contribution in [0.5, 0.6) is 0 Å². The van der Waals surface area contributed by atoms with E-state index in [4.69, 9.17) is 5.73 Å². The number of nitrogens with two attached hydrogens (primary N) is 1. The van der Waals surface area contributed by atoms with E-state index in [1.807, 2.05) is 6.07 Å². The van der Waals surface area contributed by atoms with Crippen LogP contribution in [0.2, 0.25) is 0 Å². The molecule has 1 heterocycles. The molecule has 3 N–H and O–H groups in total. The van der Waals surface area contributed by atoms with Gasteiger partial charge in [-0.15, -0.1) is 12.6 Å². The van der Waals surface area contributed by atoms with Gasteiger partial charge in [-0.1, -0.05) is 6.07 Å². The first-order valence-corrected chi connectivity index (χ1v) is 5.62. The summed E-state index contributed by atoms with van der Waals surface area (Å²) in [5.41, 5.74) is 7.74. The predicted molar refractivity (Wildman–Crippen MR) is 66.3 cm³/mol. The zero-order valence-electron chi connectivity index (χ0n) is 8.90. The fraction of sp³-hybridized carbons (Fsp3) is 0.455. The molecule has 1 aromatic rings. The molecule has 3 nitrogen and oxygen atoms in total. The van der Waals surface area contributed by atoms with Crippen LogP contribution >= 0.6 is 12.6 Å². The molecule has 0 bridgehead atoms. The molecule has 4 heteroatoms. The normalized spacial score (nSPS) is 22.9. The Hall–Kier alpha value is -0.710. The van der Waals surface area contributed by atoms with Gasteiger partial charge in [0.25, 0.3) is 0 Å². The van der Waals surface area contributed by atoms with Crippen molar-refractivity contribution >= 4 is 18.3 Å². The standard InChI is InChI=1S/C11H17N3S/c1-14-5-4-13-10(7-14)8-2-3-9(12)11(15)6-8/h2-3,6,10,13,15H,4-5,7,12H2,1H3. The Kier molecular flexibility index (Phi) is 3.19. The molecule has 1 atom stereocenters. The van der Waals surface area contributed by atoms with Gasteiger partial charge in [0.05, 0.1) is 0 Å². The molecule has 1 unspecified atom stereocenters. The van der Waals surface area contributed by atoms with Gasteiger partial charge in [0.2, 0.25) is 0 Å². The molecule has 2 rings (SSSR count). The summed E-state index contributed by atoms with van der Waals surface area (Å²) in [6.07, 6.45) is 0. The van der Waals surface area contributed by atoms with E-state index in [-0.39, 0.29) is 0 Å². The van der Waals surface area contributed by atoms with Gasteiger partial charge in [-0.25, -0.2) is 0 Å². The van der Waals surface area contributed by atoms with Crippen molar-refractivity contribution < 1.29 is 0 Å². The Balaban J connectivity index is 2.18. The SMILES string of the molecule is CN1CCNC(c2ccc(N)c(S)c2)C1.